The summed E-state index contributed by atoms with van der Waals surface area (Å²) in [6.07, 6.45) is 6.39. The Morgan fingerprint density at radius 1 is 1.43 bits per heavy atom. The molecule has 3 nitrogen and oxygen atoms in total. The molecule has 0 amide bonds. The summed E-state index contributed by atoms with van der Waals surface area (Å²) in [4.78, 5) is 11.2. The van der Waals surface area contributed by atoms with Crippen LogP contribution in [0.5, 0.6) is 0 Å². The molecule has 0 aromatic rings. The first kappa shape index (κ1) is 11.4. The number of aliphatic hydroxyl groups is 1. The van der Waals surface area contributed by atoms with Crippen molar-refractivity contribution < 1.29 is 14.6 Å². The first-order valence-corrected chi connectivity index (χ1v) is 5.14. The first-order chi connectivity index (χ1) is 6.75. The average Bonchev–Trinajstić information content (AvgIpc) is 2.48. The van der Waals surface area contributed by atoms with E-state index in [0.29, 0.717) is 0 Å². The number of ketones is 1. The van der Waals surface area contributed by atoms with Crippen LogP contribution >= 0.6 is 0 Å². The van der Waals surface area contributed by atoms with Gasteiger partial charge in [0, 0.05) is 13.7 Å². The molecule has 0 aromatic heterocycles. The number of aliphatic hydroxyl groups excluding tert-OH is 1. The Morgan fingerprint density at radius 2 is 2.21 bits per heavy atom. The summed E-state index contributed by atoms with van der Waals surface area (Å²) in [6.45, 7) is 0.777. The van der Waals surface area contributed by atoms with E-state index < -0.39 is 6.10 Å². The lowest BCUT2D eigenvalue weighted by Crippen LogP contribution is -2.19. The van der Waals surface area contributed by atoms with Crippen LogP contribution in [0.15, 0.2) is 12.2 Å². The fourth-order valence-electron chi connectivity index (χ4n) is 1.72. The lowest BCUT2D eigenvalue weighted by molar-refractivity contribution is -0.119. The highest BCUT2D eigenvalue weighted by Crippen LogP contribution is 2.21. The number of ether oxygens (including phenoxy) is 1. The van der Waals surface area contributed by atoms with Crippen LogP contribution in [0.3, 0.4) is 0 Å². The van der Waals surface area contributed by atoms with Crippen LogP contribution in [-0.4, -0.2) is 30.7 Å². The zero-order chi connectivity index (χ0) is 10.4. The summed E-state index contributed by atoms with van der Waals surface area (Å²) in [5, 5.41) is 9.43. The van der Waals surface area contributed by atoms with Gasteiger partial charge in [0.25, 0.3) is 0 Å². The summed E-state index contributed by atoms with van der Waals surface area (Å²) in [5.41, 5.74) is 0. The minimum absolute atomic E-state index is 0.0734. The maximum Gasteiger partial charge on any atom is 0.161 e. The molecular formula is C11H18O3. The summed E-state index contributed by atoms with van der Waals surface area (Å²) in [7, 11) is 1.69. The predicted octanol–water partition coefficient (Wildman–Crippen LogP) is 1.31. The van der Waals surface area contributed by atoms with E-state index in [0.717, 1.165) is 32.3 Å². The number of hydrogen-bond donors (Lipinski definition) is 1. The highest BCUT2D eigenvalue weighted by Gasteiger charge is 2.27. The van der Waals surface area contributed by atoms with E-state index in [9.17, 15) is 9.90 Å². The van der Waals surface area contributed by atoms with Crippen LogP contribution in [-0.2, 0) is 9.53 Å². The predicted molar refractivity (Wildman–Crippen MR) is 54.0 cm³/mol. The Hall–Kier alpha value is -0.670. The van der Waals surface area contributed by atoms with Gasteiger partial charge in [-0.3, -0.25) is 4.79 Å². The van der Waals surface area contributed by atoms with Crippen LogP contribution in [0.25, 0.3) is 0 Å². The van der Waals surface area contributed by atoms with E-state index in [1.165, 1.54) is 6.08 Å². The van der Waals surface area contributed by atoms with Crippen molar-refractivity contribution in [1.82, 2.24) is 0 Å². The van der Waals surface area contributed by atoms with Crippen molar-refractivity contribution in [3.8, 4) is 0 Å². The van der Waals surface area contributed by atoms with Gasteiger partial charge in [-0.25, -0.2) is 0 Å². The molecule has 3 heteroatoms. The zero-order valence-corrected chi connectivity index (χ0v) is 8.61. The number of carbonyl (C=O) groups is 1. The van der Waals surface area contributed by atoms with Crippen molar-refractivity contribution in [2.75, 3.05) is 13.7 Å². The van der Waals surface area contributed by atoms with Gasteiger partial charge in [-0.15, -0.1) is 0 Å². The molecular weight excluding hydrogens is 180 g/mol. The fraction of sp³-hybridized carbons (Fsp3) is 0.727. The standard InChI is InChI=1S/C11H18O3/c1-14-8-4-2-3-5-9-10(12)6-7-11(9)13/h6-7,9-10,12H,2-5,8H2,1H3. The van der Waals surface area contributed by atoms with Gasteiger partial charge >= 0.3 is 0 Å². The summed E-state index contributed by atoms with van der Waals surface area (Å²) >= 11 is 0. The van der Waals surface area contributed by atoms with Crippen LogP contribution in [0.1, 0.15) is 25.7 Å². The highest BCUT2D eigenvalue weighted by atomic mass is 16.5. The van der Waals surface area contributed by atoms with Gasteiger partial charge in [0.05, 0.1) is 12.0 Å². The van der Waals surface area contributed by atoms with Gasteiger partial charge in [0.15, 0.2) is 5.78 Å². The third-order valence-electron chi connectivity index (χ3n) is 2.60. The molecule has 2 unspecified atom stereocenters. The number of unbranched alkanes of at least 4 members (excludes halogenated alkanes) is 2. The molecule has 0 bridgehead atoms. The Balaban J connectivity index is 2.10. The number of hydrogen-bond acceptors (Lipinski definition) is 3. The number of allylic oxidation sites excluding steroid dienone is 1. The minimum Gasteiger partial charge on any atom is -0.388 e. The van der Waals surface area contributed by atoms with Gasteiger partial charge in [-0.1, -0.05) is 18.9 Å². The SMILES string of the molecule is COCCCCCC1C(=O)C=CC1O. The Morgan fingerprint density at radius 3 is 2.79 bits per heavy atom. The maximum atomic E-state index is 11.2. The monoisotopic (exact) mass is 198 g/mol. The normalized spacial score (nSPS) is 26.0. The smallest absolute Gasteiger partial charge is 0.161 e. The average molecular weight is 198 g/mol. The second kappa shape index (κ2) is 5.94. The van der Waals surface area contributed by atoms with E-state index in [-0.39, 0.29) is 11.7 Å². The number of rotatable bonds is 6. The van der Waals surface area contributed by atoms with Crippen molar-refractivity contribution in [2.24, 2.45) is 5.92 Å². The molecule has 0 aromatic carbocycles. The molecule has 0 fully saturated rings. The van der Waals surface area contributed by atoms with Crippen molar-refractivity contribution >= 4 is 5.78 Å². The first-order valence-electron chi connectivity index (χ1n) is 5.14. The van der Waals surface area contributed by atoms with Gasteiger partial charge in [0.2, 0.25) is 0 Å². The van der Waals surface area contributed by atoms with Crippen molar-refractivity contribution in [1.29, 1.82) is 0 Å². The number of carbonyl (C=O) groups excluding carboxylic acids is 1. The van der Waals surface area contributed by atoms with Gasteiger partial charge < -0.3 is 9.84 Å². The molecule has 0 saturated carbocycles. The second-order valence-electron chi connectivity index (χ2n) is 3.70. The molecule has 1 aliphatic carbocycles. The molecule has 80 valence electrons. The van der Waals surface area contributed by atoms with Gasteiger partial charge in [0.1, 0.15) is 0 Å². The Bertz CT molecular complexity index is 211. The molecule has 1 N–H and O–H groups in total. The molecule has 1 aliphatic rings. The second-order valence-corrected chi connectivity index (χ2v) is 3.70. The summed E-state index contributed by atoms with van der Waals surface area (Å²) < 4.78 is 4.93. The molecule has 0 heterocycles. The topological polar surface area (TPSA) is 46.5 Å². The molecule has 14 heavy (non-hydrogen) atoms. The number of methoxy groups -OCH3 is 1. The van der Waals surface area contributed by atoms with E-state index in [2.05, 4.69) is 0 Å². The van der Waals surface area contributed by atoms with Crippen LogP contribution in [0.2, 0.25) is 0 Å². The van der Waals surface area contributed by atoms with Crippen molar-refractivity contribution in [2.45, 2.75) is 31.8 Å². The van der Waals surface area contributed by atoms with Crippen LogP contribution in [0.4, 0.5) is 0 Å². The van der Waals surface area contributed by atoms with E-state index in [4.69, 9.17) is 4.74 Å². The van der Waals surface area contributed by atoms with Crippen LogP contribution < -0.4 is 0 Å². The molecule has 0 saturated heterocycles. The Labute approximate surface area is 84.8 Å². The third kappa shape index (κ3) is 3.24. The van der Waals surface area contributed by atoms with E-state index in [1.54, 1.807) is 13.2 Å². The van der Waals surface area contributed by atoms with Crippen molar-refractivity contribution in [3.05, 3.63) is 12.2 Å². The molecule has 0 aliphatic heterocycles. The third-order valence-corrected chi connectivity index (χ3v) is 2.60. The van der Waals surface area contributed by atoms with Gasteiger partial charge in [-0.2, -0.15) is 0 Å². The largest absolute Gasteiger partial charge is 0.388 e. The summed E-state index contributed by atoms with van der Waals surface area (Å²) in [6, 6.07) is 0. The maximum absolute atomic E-state index is 11.2. The van der Waals surface area contributed by atoms with E-state index in [1.807, 2.05) is 0 Å². The zero-order valence-electron chi connectivity index (χ0n) is 8.61. The Kier molecular flexibility index (Phi) is 4.84. The fourth-order valence-corrected chi connectivity index (χ4v) is 1.72. The van der Waals surface area contributed by atoms with Crippen LogP contribution in [0, 0.1) is 5.92 Å². The van der Waals surface area contributed by atoms with E-state index >= 15 is 0 Å². The molecule has 2 atom stereocenters. The van der Waals surface area contributed by atoms with Crippen molar-refractivity contribution in [3.63, 3.8) is 0 Å². The minimum atomic E-state index is -0.551. The van der Waals surface area contributed by atoms with Gasteiger partial charge in [-0.05, 0) is 18.9 Å². The highest BCUT2D eigenvalue weighted by molar-refractivity contribution is 5.94. The lowest BCUT2D eigenvalue weighted by Gasteiger charge is -2.12. The lowest BCUT2D eigenvalue weighted by atomic mass is 9.96. The quantitative estimate of drug-likeness (QED) is 0.654. The summed E-state index contributed by atoms with van der Waals surface area (Å²) in [5.74, 6) is -0.109. The molecule has 0 radical (unpaired) electrons. The molecule has 1 rings (SSSR count). The molecule has 0 spiro atoms.